The first-order chi connectivity index (χ1) is 20.3. The Bertz CT molecular complexity index is 1560. The second kappa shape index (κ2) is 13.5. The van der Waals surface area contributed by atoms with Crippen LogP contribution in [0.5, 0.6) is 0 Å². The number of rotatable bonds is 7. The molecule has 0 saturated carbocycles. The highest BCUT2D eigenvalue weighted by atomic mass is 32.2. The molecule has 3 aromatic rings. The molecule has 234 valence electrons. The molecule has 2 fully saturated rings. The van der Waals surface area contributed by atoms with E-state index in [1.54, 1.807) is 11.2 Å². The number of nitrogens with zero attached hydrogens (tertiary/aromatic N) is 2. The fraction of sp³-hybridized carbons (Fsp3) is 0.467. The average molecular weight is 623 g/mol. The molecule has 5 rings (SSSR count). The van der Waals surface area contributed by atoms with Gasteiger partial charge in [0.2, 0.25) is 10.0 Å². The summed E-state index contributed by atoms with van der Waals surface area (Å²) in [7, 11) is -3.17. The lowest BCUT2D eigenvalue weighted by atomic mass is 9.88. The zero-order valence-electron chi connectivity index (χ0n) is 24.0. The number of piperidine rings is 2. The van der Waals surface area contributed by atoms with E-state index in [9.17, 15) is 26.4 Å². The minimum atomic E-state index is -5.08. The fourth-order valence-corrected chi connectivity index (χ4v) is 6.94. The Morgan fingerprint density at radius 1 is 1.02 bits per heavy atom. The lowest BCUT2D eigenvalue weighted by Crippen LogP contribution is -2.38. The van der Waals surface area contributed by atoms with Gasteiger partial charge in [-0.05, 0) is 92.1 Å². The molecule has 0 spiro atoms. The van der Waals surface area contributed by atoms with E-state index in [4.69, 9.17) is 15.6 Å². The van der Waals surface area contributed by atoms with Crippen LogP contribution < -0.4 is 5.73 Å². The summed E-state index contributed by atoms with van der Waals surface area (Å²) in [5, 5.41) is 8.12. The first kappa shape index (κ1) is 32.5. The number of alkyl halides is 3. The molecule has 0 aliphatic carbocycles. The topological polar surface area (TPSA) is 137 Å². The molecule has 0 bridgehead atoms. The highest BCUT2D eigenvalue weighted by Crippen LogP contribution is 2.37. The first-order valence-electron chi connectivity index (χ1n) is 14.3. The number of fused-ring (bicyclic) bond motifs is 1. The van der Waals surface area contributed by atoms with Crippen molar-refractivity contribution in [1.82, 2.24) is 14.2 Å². The van der Waals surface area contributed by atoms with Gasteiger partial charge >= 0.3 is 12.1 Å². The number of amides is 1. The minimum absolute atomic E-state index is 0.132. The maximum Gasteiger partial charge on any atom is 0.490 e. The molecule has 2 aliphatic heterocycles. The lowest BCUT2D eigenvalue weighted by molar-refractivity contribution is -0.192. The van der Waals surface area contributed by atoms with Crippen LogP contribution in [0, 0.1) is 0 Å². The average Bonchev–Trinajstić information content (AvgIpc) is 3.41. The van der Waals surface area contributed by atoms with Crippen LogP contribution in [0.3, 0.4) is 0 Å². The standard InChI is InChI=1S/C28H36N4O3S.C2HF3O2/c1-2-36(34,35)32-13-9-21(10-14-32)26-18-30-27-24(26)16-23(17-25(27)28(29)33)22-8-6-7-20(15-22)19-31-11-4-3-5-12-31;3-2(4,5)1(6)7/h6-8,15-18,21,30H,2-5,9-14,19H2,1H3,(H2,29,33);(H,6,7). The van der Waals surface area contributed by atoms with Gasteiger partial charge in [0, 0.05) is 31.2 Å². The fourth-order valence-electron chi connectivity index (χ4n) is 5.80. The maximum absolute atomic E-state index is 12.4. The number of carboxylic acid groups (broad SMARTS) is 1. The van der Waals surface area contributed by atoms with Crippen LogP contribution >= 0.6 is 0 Å². The summed E-state index contributed by atoms with van der Waals surface area (Å²) >= 11 is 0. The number of aromatic nitrogens is 1. The third-order valence-corrected chi connectivity index (χ3v) is 9.98. The molecule has 1 amide bonds. The van der Waals surface area contributed by atoms with E-state index in [1.165, 1.54) is 24.8 Å². The van der Waals surface area contributed by atoms with E-state index in [0.29, 0.717) is 18.7 Å². The monoisotopic (exact) mass is 622 g/mol. The number of H-pyrrole nitrogens is 1. The van der Waals surface area contributed by atoms with Gasteiger partial charge in [0.05, 0.1) is 16.8 Å². The molecule has 13 heteroatoms. The van der Waals surface area contributed by atoms with E-state index in [-0.39, 0.29) is 11.7 Å². The van der Waals surface area contributed by atoms with Crippen LogP contribution in [0.15, 0.2) is 42.6 Å². The van der Waals surface area contributed by atoms with Gasteiger partial charge in [-0.3, -0.25) is 9.69 Å². The molecule has 2 aromatic carbocycles. The van der Waals surface area contributed by atoms with Gasteiger partial charge in [-0.15, -0.1) is 0 Å². The molecule has 2 saturated heterocycles. The van der Waals surface area contributed by atoms with Crippen molar-refractivity contribution in [2.45, 2.75) is 57.7 Å². The first-order valence-corrected chi connectivity index (χ1v) is 16.0. The lowest BCUT2D eigenvalue weighted by Gasteiger charge is -2.31. The van der Waals surface area contributed by atoms with Gasteiger partial charge in [0.15, 0.2) is 0 Å². The molecular formula is C30H37F3N4O5S. The van der Waals surface area contributed by atoms with Gasteiger partial charge in [-0.1, -0.05) is 24.6 Å². The molecule has 9 nitrogen and oxygen atoms in total. The summed E-state index contributed by atoms with van der Waals surface area (Å²) in [5.74, 6) is -2.85. The number of nitrogens with one attached hydrogen (secondary N) is 1. The summed E-state index contributed by atoms with van der Waals surface area (Å²) in [5.41, 5.74) is 11.5. The Morgan fingerprint density at radius 3 is 2.26 bits per heavy atom. The molecule has 0 atom stereocenters. The number of aromatic amines is 1. The van der Waals surface area contributed by atoms with Crippen molar-refractivity contribution >= 4 is 32.8 Å². The van der Waals surface area contributed by atoms with Gasteiger partial charge in [0.25, 0.3) is 5.91 Å². The number of primary amides is 1. The van der Waals surface area contributed by atoms with Crippen LogP contribution in [-0.4, -0.2) is 77.7 Å². The van der Waals surface area contributed by atoms with E-state index in [0.717, 1.165) is 60.1 Å². The summed E-state index contributed by atoms with van der Waals surface area (Å²) in [4.78, 5) is 27.1. The number of carbonyl (C=O) groups is 2. The van der Waals surface area contributed by atoms with Crippen LogP contribution in [0.4, 0.5) is 13.2 Å². The number of likely N-dealkylation sites (tertiary alicyclic amines) is 1. The van der Waals surface area contributed by atoms with Crippen molar-refractivity contribution in [3.05, 3.63) is 59.3 Å². The normalized spacial score (nSPS) is 17.4. The Labute approximate surface area is 248 Å². The molecule has 4 N–H and O–H groups in total. The minimum Gasteiger partial charge on any atom is -0.475 e. The van der Waals surface area contributed by atoms with Crippen LogP contribution in [0.2, 0.25) is 0 Å². The molecule has 43 heavy (non-hydrogen) atoms. The summed E-state index contributed by atoms with van der Waals surface area (Å²) in [6.45, 7) is 5.96. The number of sulfonamides is 1. The third-order valence-electron chi connectivity index (χ3n) is 8.10. The number of hydrogen-bond donors (Lipinski definition) is 3. The van der Waals surface area contributed by atoms with Crippen LogP contribution in [0.25, 0.3) is 22.0 Å². The number of halogens is 3. The number of nitrogens with two attached hydrogens (primary N) is 1. The van der Waals surface area contributed by atoms with Crippen molar-refractivity contribution in [2.75, 3.05) is 31.9 Å². The summed E-state index contributed by atoms with van der Waals surface area (Å²) in [6.07, 6.45) is 2.25. The smallest absolute Gasteiger partial charge is 0.475 e. The van der Waals surface area contributed by atoms with Crippen molar-refractivity contribution in [3.8, 4) is 11.1 Å². The van der Waals surface area contributed by atoms with E-state index >= 15 is 0 Å². The summed E-state index contributed by atoms with van der Waals surface area (Å²) < 4.78 is 57.9. The highest BCUT2D eigenvalue weighted by molar-refractivity contribution is 7.89. The second-order valence-electron chi connectivity index (χ2n) is 11.0. The number of carboxylic acids is 1. The highest BCUT2D eigenvalue weighted by Gasteiger charge is 2.38. The Hall–Kier alpha value is -3.42. The van der Waals surface area contributed by atoms with Crippen molar-refractivity contribution in [1.29, 1.82) is 0 Å². The van der Waals surface area contributed by atoms with Crippen LogP contribution in [-0.2, 0) is 21.4 Å². The molecule has 0 unspecified atom stereocenters. The van der Waals surface area contributed by atoms with E-state index < -0.39 is 28.1 Å². The van der Waals surface area contributed by atoms with Gasteiger partial charge in [-0.25, -0.2) is 17.5 Å². The number of benzene rings is 2. The summed E-state index contributed by atoms with van der Waals surface area (Å²) in [6, 6.07) is 12.6. The number of carbonyl (C=O) groups excluding carboxylic acids is 1. The third kappa shape index (κ3) is 7.95. The molecular weight excluding hydrogens is 585 g/mol. The van der Waals surface area contributed by atoms with Gasteiger partial charge in [-0.2, -0.15) is 13.2 Å². The van der Waals surface area contributed by atoms with Crippen molar-refractivity contribution in [2.24, 2.45) is 5.73 Å². The Kier molecular flexibility index (Phi) is 10.2. The Balaban J connectivity index is 0.000000541. The van der Waals surface area contributed by atoms with Crippen LogP contribution in [0.1, 0.15) is 66.4 Å². The molecule has 2 aliphatic rings. The number of hydrogen-bond acceptors (Lipinski definition) is 5. The number of aliphatic carboxylic acids is 1. The maximum atomic E-state index is 12.4. The molecule has 0 radical (unpaired) electrons. The quantitative estimate of drug-likeness (QED) is 0.336. The largest absolute Gasteiger partial charge is 0.490 e. The SMILES string of the molecule is CCS(=O)(=O)N1CCC(c2c[nH]c3c(C(N)=O)cc(-c4cccc(CN5CCCCC5)c4)cc23)CC1.O=C(O)C(F)(F)F. The predicted octanol–water partition coefficient (Wildman–Crippen LogP) is 5.08. The van der Waals surface area contributed by atoms with E-state index in [2.05, 4.69) is 40.2 Å². The zero-order chi connectivity index (χ0) is 31.4. The van der Waals surface area contributed by atoms with Gasteiger partial charge in [0.1, 0.15) is 0 Å². The predicted molar refractivity (Wildman–Crippen MR) is 158 cm³/mol. The second-order valence-corrected chi connectivity index (χ2v) is 13.2. The zero-order valence-corrected chi connectivity index (χ0v) is 24.8. The van der Waals surface area contributed by atoms with E-state index in [1.807, 2.05) is 12.3 Å². The molecule has 1 aromatic heterocycles. The van der Waals surface area contributed by atoms with Crippen molar-refractivity contribution in [3.63, 3.8) is 0 Å². The van der Waals surface area contributed by atoms with Crippen molar-refractivity contribution < 1.29 is 36.3 Å². The Morgan fingerprint density at radius 2 is 1.67 bits per heavy atom. The molecule has 3 heterocycles. The van der Waals surface area contributed by atoms with Gasteiger partial charge < -0.3 is 15.8 Å².